The Kier molecular flexibility index (Phi) is 6.97. The number of likely N-dealkylation sites (tertiary alicyclic amines) is 1. The Bertz CT molecular complexity index is 969. The summed E-state index contributed by atoms with van der Waals surface area (Å²) in [5, 5.41) is 4.06. The Morgan fingerprint density at radius 2 is 1.97 bits per heavy atom. The normalized spacial score (nSPS) is 15.9. The zero-order valence-corrected chi connectivity index (χ0v) is 18.0. The van der Waals surface area contributed by atoms with Gasteiger partial charge in [-0.2, -0.15) is 4.98 Å². The van der Waals surface area contributed by atoms with Crippen LogP contribution in [-0.2, 0) is 11.2 Å². The molecule has 1 saturated heterocycles. The number of hydrogen-bond donors (Lipinski definition) is 0. The Balaban J connectivity index is 1.15. The van der Waals surface area contributed by atoms with Gasteiger partial charge in [0.15, 0.2) is 0 Å². The van der Waals surface area contributed by atoms with Gasteiger partial charge in [0, 0.05) is 31.5 Å². The lowest BCUT2D eigenvalue weighted by molar-refractivity contribution is -0.130. The van der Waals surface area contributed by atoms with Gasteiger partial charge in [-0.15, -0.1) is 0 Å². The van der Waals surface area contributed by atoms with Gasteiger partial charge in [0.05, 0.1) is 6.61 Å². The predicted octanol–water partition coefficient (Wildman–Crippen LogP) is 4.69. The summed E-state index contributed by atoms with van der Waals surface area (Å²) in [6.45, 7) is 4.41. The molecule has 1 aromatic heterocycles. The van der Waals surface area contributed by atoms with E-state index in [1.807, 2.05) is 66.4 Å². The van der Waals surface area contributed by atoms with Crippen LogP contribution in [0.4, 0.5) is 0 Å². The summed E-state index contributed by atoms with van der Waals surface area (Å²) in [7, 11) is 0. The average molecular weight is 420 g/mol. The second kappa shape index (κ2) is 10.2. The van der Waals surface area contributed by atoms with Crippen molar-refractivity contribution in [2.45, 2.75) is 39.0 Å². The zero-order chi connectivity index (χ0) is 21.5. The molecule has 2 aromatic carbocycles. The molecule has 0 aliphatic carbocycles. The molecule has 1 unspecified atom stereocenters. The SMILES string of the molecule is Cc1ccc(-c2noc(CCCC(=O)N3CCC(CCOc4ccccc4)C3)n2)cc1. The molecule has 0 bridgehead atoms. The van der Waals surface area contributed by atoms with Crippen LogP contribution < -0.4 is 4.74 Å². The van der Waals surface area contributed by atoms with Crippen molar-refractivity contribution in [3.63, 3.8) is 0 Å². The fourth-order valence-corrected chi connectivity index (χ4v) is 3.88. The van der Waals surface area contributed by atoms with Crippen molar-refractivity contribution in [1.82, 2.24) is 15.0 Å². The topological polar surface area (TPSA) is 68.5 Å². The van der Waals surface area contributed by atoms with E-state index in [1.165, 1.54) is 5.56 Å². The van der Waals surface area contributed by atoms with Gasteiger partial charge in [0.1, 0.15) is 5.75 Å². The van der Waals surface area contributed by atoms with Crippen molar-refractivity contribution >= 4 is 5.91 Å². The molecule has 0 spiro atoms. The van der Waals surface area contributed by atoms with Crippen LogP contribution in [0.5, 0.6) is 5.75 Å². The smallest absolute Gasteiger partial charge is 0.226 e. The standard InChI is InChI=1S/C25H29N3O3/c1-19-10-12-21(13-11-19)25-26-23(31-27-25)8-5-9-24(29)28-16-14-20(18-28)15-17-30-22-6-3-2-4-7-22/h2-4,6-7,10-13,20H,5,8-9,14-18H2,1H3. The Morgan fingerprint density at radius 3 is 2.77 bits per heavy atom. The van der Waals surface area contributed by atoms with Crippen molar-refractivity contribution in [3.8, 4) is 17.1 Å². The van der Waals surface area contributed by atoms with E-state index in [4.69, 9.17) is 9.26 Å². The monoisotopic (exact) mass is 419 g/mol. The van der Waals surface area contributed by atoms with Crippen LogP contribution >= 0.6 is 0 Å². The molecular formula is C25H29N3O3. The van der Waals surface area contributed by atoms with E-state index in [-0.39, 0.29) is 5.91 Å². The third-order valence-corrected chi connectivity index (χ3v) is 5.74. The van der Waals surface area contributed by atoms with Crippen LogP contribution in [-0.4, -0.2) is 40.6 Å². The number of aryl methyl sites for hydroxylation is 2. The van der Waals surface area contributed by atoms with Crippen LogP contribution in [0.25, 0.3) is 11.4 Å². The lowest BCUT2D eigenvalue weighted by Crippen LogP contribution is -2.28. The van der Waals surface area contributed by atoms with Gasteiger partial charge >= 0.3 is 0 Å². The molecule has 2 heterocycles. The first kappa shape index (κ1) is 21.1. The fraction of sp³-hybridized carbons (Fsp3) is 0.400. The van der Waals surface area contributed by atoms with Gasteiger partial charge in [0.25, 0.3) is 0 Å². The number of rotatable bonds is 9. The maximum Gasteiger partial charge on any atom is 0.226 e. The first-order valence-corrected chi connectivity index (χ1v) is 11.0. The Hall–Kier alpha value is -3.15. The molecule has 0 N–H and O–H groups in total. The van der Waals surface area contributed by atoms with Crippen molar-refractivity contribution in [1.29, 1.82) is 0 Å². The number of para-hydroxylation sites is 1. The molecule has 1 atom stereocenters. The van der Waals surface area contributed by atoms with Crippen LogP contribution in [0.3, 0.4) is 0 Å². The quantitative estimate of drug-likeness (QED) is 0.503. The van der Waals surface area contributed by atoms with Gasteiger partial charge in [-0.05, 0) is 44.2 Å². The van der Waals surface area contributed by atoms with Gasteiger partial charge in [0.2, 0.25) is 17.6 Å². The molecule has 0 saturated carbocycles. The van der Waals surface area contributed by atoms with Crippen molar-refractivity contribution in [2.24, 2.45) is 5.92 Å². The van der Waals surface area contributed by atoms with Gasteiger partial charge < -0.3 is 14.2 Å². The van der Waals surface area contributed by atoms with Crippen molar-refractivity contribution < 1.29 is 14.1 Å². The maximum atomic E-state index is 12.6. The molecule has 1 aliphatic heterocycles. The third-order valence-electron chi connectivity index (χ3n) is 5.74. The average Bonchev–Trinajstić information content (AvgIpc) is 3.45. The van der Waals surface area contributed by atoms with Crippen LogP contribution in [0.1, 0.15) is 37.1 Å². The second-order valence-corrected chi connectivity index (χ2v) is 8.18. The predicted molar refractivity (Wildman–Crippen MR) is 119 cm³/mol. The van der Waals surface area contributed by atoms with Crippen LogP contribution in [0.15, 0.2) is 59.1 Å². The largest absolute Gasteiger partial charge is 0.494 e. The number of benzene rings is 2. The molecule has 4 rings (SSSR count). The molecule has 162 valence electrons. The van der Waals surface area contributed by atoms with Gasteiger partial charge in [-0.25, -0.2) is 0 Å². The molecule has 6 heteroatoms. The highest BCUT2D eigenvalue weighted by molar-refractivity contribution is 5.76. The van der Waals surface area contributed by atoms with E-state index < -0.39 is 0 Å². The minimum Gasteiger partial charge on any atom is -0.494 e. The van der Waals surface area contributed by atoms with E-state index in [9.17, 15) is 4.79 Å². The highest BCUT2D eigenvalue weighted by atomic mass is 16.5. The molecule has 3 aromatic rings. The number of nitrogens with zero attached hydrogens (tertiary/aromatic N) is 3. The van der Waals surface area contributed by atoms with E-state index in [1.54, 1.807) is 0 Å². The number of carbonyl (C=O) groups excluding carboxylic acids is 1. The van der Waals surface area contributed by atoms with Crippen molar-refractivity contribution in [3.05, 3.63) is 66.1 Å². The molecule has 6 nitrogen and oxygen atoms in total. The number of amides is 1. The molecule has 31 heavy (non-hydrogen) atoms. The molecule has 1 amide bonds. The van der Waals surface area contributed by atoms with Gasteiger partial charge in [-0.1, -0.05) is 53.2 Å². The highest BCUT2D eigenvalue weighted by Crippen LogP contribution is 2.22. The summed E-state index contributed by atoms with van der Waals surface area (Å²) in [6, 6.07) is 17.9. The summed E-state index contributed by atoms with van der Waals surface area (Å²) < 4.78 is 11.1. The number of aromatic nitrogens is 2. The first-order chi connectivity index (χ1) is 15.2. The van der Waals surface area contributed by atoms with Crippen molar-refractivity contribution in [2.75, 3.05) is 19.7 Å². The summed E-state index contributed by atoms with van der Waals surface area (Å²) in [6.07, 6.45) is 3.87. The molecule has 0 radical (unpaired) electrons. The van der Waals surface area contributed by atoms with Gasteiger partial charge in [-0.3, -0.25) is 4.79 Å². The molecule has 1 fully saturated rings. The summed E-state index contributed by atoms with van der Waals surface area (Å²) in [4.78, 5) is 19.0. The molecular weight excluding hydrogens is 390 g/mol. The number of ether oxygens (including phenoxy) is 1. The molecule has 1 aliphatic rings. The lowest BCUT2D eigenvalue weighted by Gasteiger charge is -2.16. The Morgan fingerprint density at radius 1 is 1.16 bits per heavy atom. The lowest BCUT2D eigenvalue weighted by atomic mass is 10.1. The maximum absolute atomic E-state index is 12.6. The van der Waals surface area contributed by atoms with E-state index >= 15 is 0 Å². The first-order valence-electron chi connectivity index (χ1n) is 11.0. The summed E-state index contributed by atoms with van der Waals surface area (Å²) >= 11 is 0. The highest BCUT2D eigenvalue weighted by Gasteiger charge is 2.25. The Labute approximate surface area is 183 Å². The van der Waals surface area contributed by atoms with E-state index in [2.05, 4.69) is 10.1 Å². The number of carbonyl (C=O) groups is 1. The third kappa shape index (κ3) is 5.94. The zero-order valence-electron chi connectivity index (χ0n) is 18.0. The summed E-state index contributed by atoms with van der Waals surface area (Å²) in [5.41, 5.74) is 2.13. The van der Waals surface area contributed by atoms with Crippen LogP contribution in [0.2, 0.25) is 0 Å². The van der Waals surface area contributed by atoms with E-state index in [0.29, 0.717) is 43.5 Å². The van der Waals surface area contributed by atoms with Crippen LogP contribution in [0, 0.1) is 12.8 Å². The second-order valence-electron chi connectivity index (χ2n) is 8.18. The number of hydrogen-bond acceptors (Lipinski definition) is 5. The minimum absolute atomic E-state index is 0.213. The summed E-state index contributed by atoms with van der Waals surface area (Å²) in [5.74, 6) is 2.81. The fourth-order valence-electron chi connectivity index (χ4n) is 3.88. The minimum atomic E-state index is 0.213. The van der Waals surface area contributed by atoms with E-state index in [0.717, 1.165) is 37.2 Å².